The maximum Gasteiger partial charge on any atom is 0.190 e. The molecule has 78 valence electrons. The van der Waals surface area contributed by atoms with E-state index in [1.165, 1.54) is 5.69 Å². The zero-order valence-corrected chi connectivity index (χ0v) is 8.91. The van der Waals surface area contributed by atoms with E-state index in [4.69, 9.17) is 0 Å². The predicted molar refractivity (Wildman–Crippen MR) is 57.3 cm³/mol. The van der Waals surface area contributed by atoms with Crippen LogP contribution >= 0.6 is 0 Å². The summed E-state index contributed by atoms with van der Waals surface area (Å²) in [4.78, 5) is 4.02. The average Bonchev–Trinajstić information content (AvgIpc) is 2.59. The van der Waals surface area contributed by atoms with E-state index in [0.717, 1.165) is 18.9 Å². The van der Waals surface area contributed by atoms with Crippen molar-refractivity contribution in [2.24, 2.45) is 12.0 Å². The van der Waals surface area contributed by atoms with Gasteiger partial charge in [-0.15, -0.1) is 0 Å². The van der Waals surface area contributed by atoms with Gasteiger partial charge in [0.1, 0.15) is 0 Å². The Labute approximate surface area is 84.2 Å². The minimum Gasteiger partial charge on any atom is -0.359 e. The lowest BCUT2D eigenvalue weighted by Crippen LogP contribution is -2.36. The fourth-order valence-electron chi connectivity index (χ4n) is 1.23. The van der Waals surface area contributed by atoms with Crippen molar-refractivity contribution in [1.82, 2.24) is 20.4 Å². The predicted octanol–water partition coefficient (Wildman–Crippen LogP) is -0.243. The molecule has 0 fully saturated rings. The molecular weight excluding hydrogens is 178 g/mol. The van der Waals surface area contributed by atoms with E-state index in [9.17, 15) is 0 Å². The quantitative estimate of drug-likeness (QED) is 0.517. The van der Waals surface area contributed by atoms with Crippen LogP contribution in [0.25, 0.3) is 0 Å². The fraction of sp³-hybridized carbons (Fsp3) is 0.556. The molecule has 2 N–H and O–H groups in total. The van der Waals surface area contributed by atoms with Gasteiger partial charge >= 0.3 is 0 Å². The number of aliphatic imine (C=N–C) groups is 1. The fourth-order valence-corrected chi connectivity index (χ4v) is 1.23. The molecule has 0 saturated heterocycles. The first-order chi connectivity index (χ1) is 6.77. The van der Waals surface area contributed by atoms with Gasteiger partial charge in [-0.1, -0.05) is 0 Å². The van der Waals surface area contributed by atoms with Gasteiger partial charge in [0, 0.05) is 46.0 Å². The Morgan fingerprint density at radius 3 is 2.93 bits per heavy atom. The number of nitrogens with one attached hydrogen (secondary N) is 2. The largest absolute Gasteiger partial charge is 0.359 e. The molecule has 0 aliphatic heterocycles. The summed E-state index contributed by atoms with van der Waals surface area (Å²) in [5.41, 5.74) is 1.21. The van der Waals surface area contributed by atoms with E-state index < -0.39 is 0 Å². The lowest BCUT2D eigenvalue weighted by Gasteiger charge is -2.07. The van der Waals surface area contributed by atoms with Gasteiger partial charge in [0.15, 0.2) is 5.96 Å². The zero-order chi connectivity index (χ0) is 10.4. The number of rotatable bonds is 3. The molecular formula is C9H17N5. The first-order valence-corrected chi connectivity index (χ1v) is 4.63. The Morgan fingerprint density at radius 1 is 1.64 bits per heavy atom. The van der Waals surface area contributed by atoms with Crippen LogP contribution in [0.4, 0.5) is 0 Å². The number of aryl methyl sites for hydroxylation is 1. The van der Waals surface area contributed by atoms with Crippen LogP contribution in [0.5, 0.6) is 0 Å². The molecule has 0 amide bonds. The summed E-state index contributed by atoms with van der Waals surface area (Å²) in [6, 6.07) is 2.02. The monoisotopic (exact) mass is 195 g/mol. The van der Waals surface area contributed by atoms with Crippen LogP contribution in [0.15, 0.2) is 17.3 Å². The lowest BCUT2D eigenvalue weighted by atomic mass is 10.3. The van der Waals surface area contributed by atoms with E-state index in [1.807, 2.05) is 31.0 Å². The first-order valence-electron chi connectivity index (χ1n) is 4.63. The van der Waals surface area contributed by atoms with Crippen LogP contribution in [0, 0.1) is 0 Å². The van der Waals surface area contributed by atoms with E-state index in [1.54, 1.807) is 7.05 Å². The molecule has 0 radical (unpaired) electrons. The average molecular weight is 195 g/mol. The van der Waals surface area contributed by atoms with Crippen molar-refractivity contribution in [2.45, 2.75) is 6.42 Å². The van der Waals surface area contributed by atoms with Crippen molar-refractivity contribution in [2.75, 3.05) is 20.6 Å². The van der Waals surface area contributed by atoms with Crippen LogP contribution in [-0.2, 0) is 13.5 Å². The summed E-state index contributed by atoms with van der Waals surface area (Å²) in [7, 11) is 5.55. The highest BCUT2D eigenvalue weighted by Gasteiger charge is 1.98. The lowest BCUT2D eigenvalue weighted by molar-refractivity contribution is 0.692. The molecule has 0 aromatic carbocycles. The summed E-state index contributed by atoms with van der Waals surface area (Å²) < 4.78 is 1.88. The molecule has 0 aliphatic carbocycles. The molecule has 5 nitrogen and oxygen atoms in total. The topological polar surface area (TPSA) is 54.2 Å². The minimum absolute atomic E-state index is 0.812. The van der Waals surface area contributed by atoms with Gasteiger partial charge in [-0.25, -0.2) is 0 Å². The Kier molecular flexibility index (Phi) is 3.97. The maximum atomic E-state index is 4.10. The van der Waals surface area contributed by atoms with Crippen molar-refractivity contribution >= 4 is 5.96 Å². The number of aromatic nitrogens is 2. The smallest absolute Gasteiger partial charge is 0.190 e. The minimum atomic E-state index is 0.812. The van der Waals surface area contributed by atoms with Crippen LogP contribution in [0.2, 0.25) is 0 Å². The second kappa shape index (κ2) is 5.26. The SMILES string of the molecule is CN=C(NC)NCCc1ccnn1C. The van der Waals surface area contributed by atoms with Gasteiger partial charge in [0.25, 0.3) is 0 Å². The van der Waals surface area contributed by atoms with Crippen molar-refractivity contribution < 1.29 is 0 Å². The molecule has 0 saturated carbocycles. The van der Waals surface area contributed by atoms with Crippen LogP contribution in [0.3, 0.4) is 0 Å². The second-order valence-corrected chi connectivity index (χ2v) is 2.95. The van der Waals surface area contributed by atoms with E-state index >= 15 is 0 Å². The van der Waals surface area contributed by atoms with Gasteiger partial charge < -0.3 is 10.6 Å². The molecule has 1 rings (SSSR count). The first kappa shape index (κ1) is 10.6. The zero-order valence-electron chi connectivity index (χ0n) is 8.91. The Hall–Kier alpha value is -1.52. The molecule has 1 aromatic rings. The summed E-state index contributed by atoms with van der Waals surface area (Å²) >= 11 is 0. The van der Waals surface area contributed by atoms with E-state index in [2.05, 4.69) is 20.7 Å². The maximum absolute atomic E-state index is 4.10. The summed E-state index contributed by atoms with van der Waals surface area (Å²) in [6.07, 6.45) is 2.75. The van der Waals surface area contributed by atoms with Crippen LogP contribution in [0.1, 0.15) is 5.69 Å². The molecule has 0 spiro atoms. The molecule has 0 unspecified atom stereocenters. The Morgan fingerprint density at radius 2 is 2.43 bits per heavy atom. The Bertz CT molecular complexity index is 302. The summed E-state index contributed by atoms with van der Waals surface area (Å²) in [5, 5.41) is 10.2. The third-order valence-electron chi connectivity index (χ3n) is 2.06. The van der Waals surface area contributed by atoms with Crippen molar-refractivity contribution in [3.05, 3.63) is 18.0 Å². The second-order valence-electron chi connectivity index (χ2n) is 2.95. The van der Waals surface area contributed by atoms with Gasteiger partial charge in [-0.05, 0) is 6.07 Å². The molecule has 0 bridgehead atoms. The van der Waals surface area contributed by atoms with Crippen molar-refractivity contribution in [3.8, 4) is 0 Å². The highest BCUT2D eigenvalue weighted by molar-refractivity contribution is 5.79. The van der Waals surface area contributed by atoms with Gasteiger partial charge in [0.2, 0.25) is 0 Å². The summed E-state index contributed by atoms with van der Waals surface area (Å²) in [5.74, 6) is 0.812. The molecule has 0 aliphatic rings. The van der Waals surface area contributed by atoms with Gasteiger partial charge in [-0.2, -0.15) is 5.10 Å². The molecule has 1 heterocycles. The Balaban J connectivity index is 2.32. The van der Waals surface area contributed by atoms with Crippen molar-refractivity contribution in [1.29, 1.82) is 0 Å². The van der Waals surface area contributed by atoms with Gasteiger partial charge in [0.05, 0.1) is 0 Å². The molecule has 14 heavy (non-hydrogen) atoms. The molecule has 0 atom stereocenters. The van der Waals surface area contributed by atoms with Gasteiger partial charge in [-0.3, -0.25) is 9.67 Å². The number of guanidine groups is 1. The van der Waals surface area contributed by atoms with Crippen LogP contribution in [-0.4, -0.2) is 36.4 Å². The highest BCUT2D eigenvalue weighted by atomic mass is 15.3. The summed E-state index contributed by atoms with van der Waals surface area (Å²) in [6.45, 7) is 0.854. The highest BCUT2D eigenvalue weighted by Crippen LogP contribution is 1.95. The number of hydrogen-bond acceptors (Lipinski definition) is 2. The standard InChI is InChI=1S/C9H17N5/c1-10-9(11-2)12-6-4-8-5-7-13-14(8)3/h5,7H,4,6H2,1-3H3,(H2,10,11,12). The van der Waals surface area contributed by atoms with Crippen molar-refractivity contribution in [3.63, 3.8) is 0 Å². The number of hydrogen-bond donors (Lipinski definition) is 2. The molecule has 5 heteroatoms. The molecule has 1 aromatic heterocycles. The van der Waals surface area contributed by atoms with Crippen LogP contribution < -0.4 is 10.6 Å². The third kappa shape index (κ3) is 2.76. The third-order valence-corrected chi connectivity index (χ3v) is 2.06. The number of nitrogens with zero attached hydrogens (tertiary/aromatic N) is 3. The van der Waals surface area contributed by atoms with E-state index in [0.29, 0.717) is 0 Å². The normalized spacial score (nSPS) is 11.5. The van der Waals surface area contributed by atoms with E-state index in [-0.39, 0.29) is 0 Å².